The van der Waals surface area contributed by atoms with Crippen LogP contribution in [0.25, 0.3) is 10.4 Å². The van der Waals surface area contributed by atoms with Crippen LogP contribution in [-0.2, 0) is 30.3 Å². The molecule has 0 bridgehead atoms. The maximum absolute atomic E-state index is 6.66. The summed E-state index contributed by atoms with van der Waals surface area (Å²) < 4.78 is 30.2. The summed E-state index contributed by atoms with van der Waals surface area (Å²) in [6.45, 7) is 4.79. The minimum absolute atomic E-state index is 0.0818. The van der Waals surface area contributed by atoms with Crippen molar-refractivity contribution in [3.8, 4) is 10.4 Å². The first-order chi connectivity index (χ1) is 17.8. The van der Waals surface area contributed by atoms with Crippen molar-refractivity contribution >= 4 is 11.3 Å². The molecule has 3 fully saturated rings. The molecular formula is C29H39NO5S. The Morgan fingerprint density at radius 1 is 1.06 bits per heavy atom. The predicted molar refractivity (Wildman–Crippen MR) is 142 cm³/mol. The molecule has 1 unspecified atom stereocenters. The summed E-state index contributed by atoms with van der Waals surface area (Å²) >= 11 is 1.77. The second-order valence-corrected chi connectivity index (χ2v) is 10.8. The lowest BCUT2D eigenvalue weighted by molar-refractivity contribution is -0.200. The van der Waals surface area contributed by atoms with Crippen LogP contribution < -0.4 is 0 Å². The smallest absolute Gasteiger partial charge is 0.158 e. The number of thiophene rings is 1. The molecule has 196 valence electrons. The molecule has 0 spiro atoms. The van der Waals surface area contributed by atoms with Crippen LogP contribution in [0.1, 0.15) is 37.7 Å². The van der Waals surface area contributed by atoms with Crippen molar-refractivity contribution in [2.24, 2.45) is 5.92 Å². The van der Waals surface area contributed by atoms with Crippen molar-refractivity contribution in [1.29, 1.82) is 0 Å². The van der Waals surface area contributed by atoms with E-state index in [9.17, 15) is 0 Å². The van der Waals surface area contributed by atoms with Crippen LogP contribution in [0.5, 0.6) is 0 Å². The number of rotatable bonds is 10. The second kappa shape index (κ2) is 13.2. The monoisotopic (exact) mass is 513 g/mol. The van der Waals surface area contributed by atoms with Crippen LogP contribution in [0.2, 0.25) is 0 Å². The topological polar surface area (TPSA) is 49.4 Å². The van der Waals surface area contributed by atoms with Crippen LogP contribution in [0.3, 0.4) is 0 Å². The SMILES string of the molecule is COC=CC[C@@H]1[C@@H](N2CCOCC2)[C@H](OC2CCCCO2)C[C@@H]1OCc1ccc(-c2cccs2)cc1. The van der Waals surface area contributed by atoms with Gasteiger partial charge in [-0.1, -0.05) is 30.3 Å². The van der Waals surface area contributed by atoms with Gasteiger partial charge in [0.25, 0.3) is 0 Å². The van der Waals surface area contributed by atoms with E-state index < -0.39 is 0 Å². The van der Waals surface area contributed by atoms with Gasteiger partial charge in [0, 0.05) is 43.0 Å². The Morgan fingerprint density at radius 2 is 1.92 bits per heavy atom. The fourth-order valence-electron chi connectivity index (χ4n) is 5.77. The quantitative estimate of drug-likeness (QED) is 0.392. The van der Waals surface area contributed by atoms with E-state index in [4.69, 9.17) is 23.7 Å². The highest BCUT2D eigenvalue weighted by Crippen LogP contribution is 2.39. The molecule has 0 N–H and O–H groups in total. The molecule has 36 heavy (non-hydrogen) atoms. The number of methoxy groups -OCH3 is 1. The van der Waals surface area contributed by atoms with Crippen LogP contribution in [0, 0.1) is 5.92 Å². The molecule has 3 aliphatic rings. The van der Waals surface area contributed by atoms with E-state index in [1.165, 1.54) is 22.4 Å². The molecule has 1 aromatic heterocycles. The number of morpholine rings is 1. The van der Waals surface area contributed by atoms with Crippen LogP contribution >= 0.6 is 11.3 Å². The van der Waals surface area contributed by atoms with E-state index in [-0.39, 0.29) is 24.5 Å². The summed E-state index contributed by atoms with van der Waals surface area (Å²) in [5, 5.41) is 2.12. The molecule has 2 aliphatic heterocycles. The average molecular weight is 514 g/mol. The highest BCUT2D eigenvalue weighted by molar-refractivity contribution is 7.13. The largest absolute Gasteiger partial charge is 0.505 e. The summed E-state index contributed by atoms with van der Waals surface area (Å²) in [5.74, 6) is 0.313. The number of ether oxygens (including phenoxy) is 5. The molecule has 2 aromatic rings. The first kappa shape index (κ1) is 25.9. The molecule has 5 atom stereocenters. The summed E-state index contributed by atoms with van der Waals surface area (Å²) in [6.07, 6.45) is 9.03. The van der Waals surface area contributed by atoms with Gasteiger partial charge in [-0.05, 0) is 54.3 Å². The summed E-state index contributed by atoms with van der Waals surface area (Å²) in [5.41, 5.74) is 2.45. The molecule has 7 heteroatoms. The second-order valence-electron chi connectivity index (χ2n) is 9.88. The number of benzene rings is 1. The van der Waals surface area contributed by atoms with E-state index in [1.807, 2.05) is 0 Å². The van der Waals surface area contributed by atoms with Gasteiger partial charge in [0.2, 0.25) is 0 Å². The van der Waals surface area contributed by atoms with Crippen molar-refractivity contribution in [2.45, 2.75) is 63.3 Å². The first-order valence-electron chi connectivity index (χ1n) is 13.3. The molecule has 6 nitrogen and oxygen atoms in total. The van der Waals surface area contributed by atoms with Gasteiger partial charge in [0.15, 0.2) is 6.29 Å². The summed E-state index contributed by atoms with van der Waals surface area (Å²) in [7, 11) is 1.70. The van der Waals surface area contributed by atoms with Crippen molar-refractivity contribution < 1.29 is 23.7 Å². The van der Waals surface area contributed by atoms with Crippen molar-refractivity contribution in [1.82, 2.24) is 4.90 Å². The fraction of sp³-hybridized carbons (Fsp3) is 0.586. The fourth-order valence-corrected chi connectivity index (χ4v) is 6.51. The van der Waals surface area contributed by atoms with Crippen LogP contribution in [-0.4, -0.2) is 69.5 Å². The zero-order valence-electron chi connectivity index (χ0n) is 21.3. The number of allylic oxidation sites excluding steroid dienone is 1. The van der Waals surface area contributed by atoms with Crippen molar-refractivity contribution in [3.63, 3.8) is 0 Å². The Morgan fingerprint density at radius 3 is 2.64 bits per heavy atom. The van der Waals surface area contributed by atoms with E-state index in [1.54, 1.807) is 24.7 Å². The van der Waals surface area contributed by atoms with Gasteiger partial charge in [-0.25, -0.2) is 0 Å². The van der Waals surface area contributed by atoms with E-state index >= 15 is 0 Å². The van der Waals surface area contributed by atoms with Gasteiger partial charge < -0.3 is 23.7 Å². The highest BCUT2D eigenvalue weighted by Gasteiger charge is 2.48. The molecule has 1 saturated carbocycles. The standard InChI is InChI=1S/C29H39NO5S/c1-31-15-4-6-24-25(34-21-22-9-11-23(12-10-22)27-7-5-19-36-27)20-26(35-28-8-2-3-16-33-28)29(24)30-13-17-32-18-14-30/h4-5,7,9-12,15,19,24-26,28-29H,2-3,6,8,13-14,16-18,20-21H2,1H3/t24-,25-,26+,28?,29+/m0/s1. The molecule has 3 heterocycles. The Balaban J connectivity index is 1.30. The van der Waals surface area contributed by atoms with Crippen LogP contribution in [0.15, 0.2) is 54.1 Å². The maximum atomic E-state index is 6.66. The number of hydrogen-bond donors (Lipinski definition) is 0. The van der Waals surface area contributed by atoms with Gasteiger partial charge in [-0.2, -0.15) is 0 Å². The van der Waals surface area contributed by atoms with E-state index in [0.717, 1.165) is 58.6 Å². The molecule has 2 saturated heterocycles. The molecule has 0 amide bonds. The van der Waals surface area contributed by atoms with E-state index in [2.05, 4.69) is 52.8 Å². The third-order valence-corrected chi connectivity index (χ3v) is 8.48. The van der Waals surface area contributed by atoms with Crippen molar-refractivity contribution in [3.05, 3.63) is 59.7 Å². The van der Waals surface area contributed by atoms with Gasteiger partial charge in [0.1, 0.15) is 0 Å². The third kappa shape index (κ3) is 6.57. The summed E-state index contributed by atoms with van der Waals surface area (Å²) in [6, 6.07) is 13.3. The van der Waals surface area contributed by atoms with Crippen LogP contribution in [0.4, 0.5) is 0 Å². The Hall–Kier alpha value is -1.74. The lowest BCUT2D eigenvalue weighted by Crippen LogP contribution is -2.51. The summed E-state index contributed by atoms with van der Waals surface area (Å²) in [4.78, 5) is 3.85. The normalized spacial score (nSPS) is 29.6. The maximum Gasteiger partial charge on any atom is 0.158 e. The number of hydrogen-bond acceptors (Lipinski definition) is 7. The molecule has 1 aliphatic carbocycles. The lowest BCUT2D eigenvalue weighted by atomic mass is 9.95. The zero-order chi connectivity index (χ0) is 24.6. The van der Waals surface area contributed by atoms with Gasteiger partial charge in [-0.3, -0.25) is 4.90 Å². The Labute approximate surface area is 219 Å². The molecule has 5 rings (SSSR count). The molecule has 1 aromatic carbocycles. The van der Waals surface area contributed by atoms with Gasteiger partial charge >= 0.3 is 0 Å². The van der Waals surface area contributed by atoms with E-state index in [0.29, 0.717) is 12.5 Å². The number of nitrogens with zero attached hydrogens (tertiary/aromatic N) is 1. The minimum Gasteiger partial charge on any atom is -0.505 e. The first-order valence-corrected chi connectivity index (χ1v) is 14.2. The Bertz CT molecular complexity index is 922. The zero-order valence-corrected chi connectivity index (χ0v) is 22.1. The average Bonchev–Trinajstić information content (AvgIpc) is 3.58. The highest BCUT2D eigenvalue weighted by atomic mass is 32.1. The predicted octanol–water partition coefficient (Wildman–Crippen LogP) is 5.48. The lowest BCUT2D eigenvalue weighted by Gasteiger charge is -2.39. The van der Waals surface area contributed by atoms with Crippen molar-refractivity contribution in [2.75, 3.05) is 40.0 Å². The Kier molecular flexibility index (Phi) is 9.47. The van der Waals surface area contributed by atoms with Gasteiger partial charge in [-0.15, -0.1) is 11.3 Å². The third-order valence-electron chi connectivity index (χ3n) is 7.56. The molecular weight excluding hydrogens is 474 g/mol. The minimum atomic E-state index is -0.106. The molecule has 0 radical (unpaired) electrons. The van der Waals surface area contributed by atoms with Gasteiger partial charge in [0.05, 0.1) is 45.4 Å².